The topological polar surface area (TPSA) is 30.7 Å². The first-order valence-corrected chi connectivity index (χ1v) is 5.03. The molecule has 2 aromatic heterocycles. The van der Waals surface area contributed by atoms with Crippen LogP contribution in [0.1, 0.15) is 0 Å². The number of halogens is 1. The summed E-state index contributed by atoms with van der Waals surface area (Å²) in [5.41, 5.74) is 1.10. The van der Waals surface area contributed by atoms with Crippen LogP contribution in [-0.2, 0) is 7.05 Å². The van der Waals surface area contributed by atoms with Crippen molar-refractivity contribution in [2.45, 2.75) is 0 Å². The van der Waals surface area contributed by atoms with Crippen molar-refractivity contribution in [1.29, 1.82) is 0 Å². The van der Waals surface area contributed by atoms with Gasteiger partial charge in [-0.2, -0.15) is 0 Å². The molecular formula is C7H6BrN3S. The molecule has 0 aromatic carbocycles. The Balaban J connectivity index is 2.50. The van der Waals surface area contributed by atoms with Gasteiger partial charge in [0, 0.05) is 18.0 Å². The quantitative estimate of drug-likeness (QED) is 0.770. The summed E-state index contributed by atoms with van der Waals surface area (Å²) in [6.45, 7) is 0. The highest BCUT2D eigenvalue weighted by molar-refractivity contribution is 9.11. The molecule has 12 heavy (non-hydrogen) atoms. The first-order chi connectivity index (χ1) is 5.77. The van der Waals surface area contributed by atoms with Crippen molar-refractivity contribution in [1.82, 2.24) is 14.8 Å². The maximum atomic E-state index is 4.00. The molecule has 0 atom stereocenters. The van der Waals surface area contributed by atoms with Crippen molar-refractivity contribution in [2.24, 2.45) is 7.05 Å². The summed E-state index contributed by atoms with van der Waals surface area (Å²) in [6, 6.07) is 2.04. The SMILES string of the molecule is Cn1cnnc1-c1csc(Br)c1. The third-order valence-electron chi connectivity index (χ3n) is 1.54. The number of aryl methyl sites for hydroxylation is 1. The van der Waals surface area contributed by atoms with Gasteiger partial charge in [0.15, 0.2) is 5.82 Å². The van der Waals surface area contributed by atoms with E-state index in [1.54, 1.807) is 17.7 Å². The van der Waals surface area contributed by atoms with Crippen LogP contribution in [0, 0.1) is 0 Å². The highest BCUT2D eigenvalue weighted by atomic mass is 79.9. The predicted molar refractivity (Wildman–Crippen MR) is 52.0 cm³/mol. The van der Waals surface area contributed by atoms with Gasteiger partial charge >= 0.3 is 0 Å². The van der Waals surface area contributed by atoms with Crippen LogP contribution < -0.4 is 0 Å². The lowest BCUT2D eigenvalue weighted by atomic mass is 10.3. The summed E-state index contributed by atoms with van der Waals surface area (Å²) in [6.07, 6.45) is 1.70. The second-order valence-corrected chi connectivity index (χ2v) is 4.70. The fourth-order valence-electron chi connectivity index (χ4n) is 0.972. The summed E-state index contributed by atoms with van der Waals surface area (Å²) >= 11 is 5.05. The fraction of sp³-hybridized carbons (Fsp3) is 0.143. The minimum Gasteiger partial charge on any atom is -0.317 e. The van der Waals surface area contributed by atoms with Crippen molar-refractivity contribution < 1.29 is 0 Å². The lowest BCUT2D eigenvalue weighted by molar-refractivity contribution is 0.920. The third kappa shape index (κ3) is 1.30. The summed E-state index contributed by atoms with van der Waals surface area (Å²) in [4.78, 5) is 0. The molecule has 2 rings (SSSR count). The van der Waals surface area contributed by atoms with E-state index in [1.807, 2.05) is 23.1 Å². The summed E-state index contributed by atoms with van der Waals surface area (Å²) in [5.74, 6) is 0.900. The molecular weight excluding hydrogens is 238 g/mol. The minimum atomic E-state index is 0.900. The molecule has 2 heterocycles. The Bertz CT molecular complexity index is 393. The van der Waals surface area contributed by atoms with Crippen LogP contribution in [-0.4, -0.2) is 14.8 Å². The van der Waals surface area contributed by atoms with Crippen molar-refractivity contribution in [3.05, 3.63) is 21.6 Å². The van der Waals surface area contributed by atoms with Gasteiger partial charge in [0.2, 0.25) is 0 Å². The zero-order valence-corrected chi connectivity index (χ0v) is 8.76. The van der Waals surface area contributed by atoms with Crippen LogP contribution in [0.25, 0.3) is 11.4 Å². The van der Waals surface area contributed by atoms with E-state index in [4.69, 9.17) is 0 Å². The van der Waals surface area contributed by atoms with Gasteiger partial charge in [0.05, 0.1) is 3.79 Å². The molecule has 0 saturated carbocycles. The van der Waals surface area contributed by atoms with Crippen molar-refractivity contribution >= 4 is 27.3 Å². The van der Waals surface area contributed by atoms with E-state index >= 15 is 0 Å². The number of aromatic nitrogens is 3. The highest BCUT2D eigenvalue weighted by Gasteiger charge is 2.05. The lowest BCUT2D eigenvalue weighted by Gasteiger charge is -1.93. The Morgan fingerprint density at radius 2 is 2.42 bits per heavy atom. The number of rotatable bonds is 1. The summed E-state index contributed by atoms with van der Waals surface area (Å²) < 4.78 is 3.01. The van der Waals surface area contributed by atoms with Gasteiger partial charge in [0.25, 0.3) is 0 Å². The zero-order chi connectivity index (χ0) is 8.55. The standard InChI is InChI=1S/C7H6BrN3S/c1-11-4-9-10-7(11)5-2-6(8)12-3-5/h2-4H,1H3. The molecule has 0 fully saturated rings. The Labute approximate surface area is 82.2 Å². The van der Waals surface area contributed by atoms with E-state index in [-0.39, 0.29) is 0 Å². The molecule has 0 spiro atoms. The molecule has 0 saturated heterocycles. The molecule has 0 radical (unpaired) electrons. The summed E-state index contributed by atoms with van der Waals surface area (Å²) in [5, 5.41) is 9.86. The van der Waals surface area contributed by atoms with Gasteiger partial charge in [-0.25, -0.2) is 0 Å². The third-order valence-corrected chi connectivity index (χ3v) is 3.04. The Morgan fingerprint density at radius 1 is 1.58 bits per heavy atom. The van der Waals surface area contributed by atoms with E-state index in [2.05, 4.69) is 26.1 Å². The molecule has 0 unspecified atom stereocenters. The molecule has 0 aliphatic carbocycles. The molecule has 0 amide bonds. The Kier molecular flexibility index (Phi) is 1.98. The molecule has 0 bridgehead atoms. The monoisotopic (exact) mass is 243 g/mol. The second-order valence-electron chi connectivity index (χ2n) is 2.40. The van der Waals surface area contributed by atoms with Gasteiger partial charge in [-0.05, 0) is 22.0 Å². The van der Waals surface area contributed by atoms with Crippen molar-refractivity contribution in [3.8, 4) is 11.4 Å². The maximum absolute atomic E-state index is 4.00. The van der Waals surface area contributed by atoms with Gasteiger partial charge in [-0.1, -0.05) is 0 Å². The van der Waals surface area contributed by atoms with Crippen molar-refractivity contribution in [2.75, 3.05) is 0 Å². The van der Waals surface area contributed by atoms with Gasteiger partial charge in [-0.15, -0.1) is 21.5 Å². The van der Waals surface area contributed by atoms with Gasteiger partial charge < -0.3 is 4.57 Å². The number of hydrogen-bond donors (Lipinski definition) is 0. The number of thiophene rings is 1. The normalized spacial score (nSPS) is 10.5. The molecule has 62 valence electrons. The largest absolute Gasteiger partial charge is 0.317 e. The minimum absolute atomic E-state index is 0.900. The second kappa shape index (κ2) is 2.99. The van der Waals surface area contributed by atoms with E-state index in [1.165, 1.54) is 0 Å². The van der Waals surface area contributed by atoms with Crippen LogP contribution in [0.4, 0.5) is 0 Å². The molecule has 3 nitrogen and oxygen atoms in total. The average Bonchev–Trinajstić information content (AvgIpc) is 2.58. The lowest BCUT2D eigenvalue weighted by Crippen LogP contribution is -1.88. The van der Waals surface area contributed by atoms with Crippen LogP contribution in [0.5, 0.6) is 0 Å². The van der Waals surface area contributed by atoms with Gasteiger partial charge in [0.1, 0.15) is 6.33 Å². The van der Waals surface area contributed by atoms with Crippen LogP contribution in [0.2, 0.25) is 0 Å². The first-order valence-electron chi connectivity index (χ1n) is 3.36. The zero-order valence-electron chi connectivity index (χ0n) is 6.36. The molecule has 0 aliphatic heterocycles. The Hall–Kier alpha value is -0.680. The summed E-state index contributed by atoms with van der Waals surface area (Å²) in [7, 11) is 1.93. The smallest absolute Gasteiger partial charge is 0.164 e. The van der Waals surface area contributed by atoms with Crippen LogP contribution in [0.3, 0.4) is 0 Å². The van der Waals surface area contributed by atoms with E-state index in [9.17, 15) is 0 Å². The fourth-order valence-corrected chi connectivity index (χ4v) is 2.11. The molecule has 5 heteroatoms. The van der Waals surface area contributed by atoms with Crippen LogP contribution >= 0.6 is 27.3 Å². The van der Waals surface area contributed by atoms with E-state index < -0.39 is 0 Å². The maximum Gasteiger partial charge on any atom is 0.164 e. The Morgan fingerprint density at radius 3 is 2.92 bits per heavy atom. The number of nitrogens with zero attached hydrogens (tertiary/aromatic N) is 3. The molecule has 0 N–H and O–H groups in total. The number of hydrogen-bond acceptors (Lipinski definition) is 3. The first kappa shape index (κ1) is 7.94. The molecule has 0 aliphatic rings. The average molecular weight is 244 g/mol. The molecule has 2 aromatic rings. The van der Waals surface area contributed by atoms with Crippen molar-refractivity contribution in [3.63, 3.8) is 0 Å². The van der Waals surface area contributed by atoms with Gasteiger partial charge in [-0.3, -0.25) is 0 Å². The van der Waals surface area contributed by atoms with E-state index in [0.717, 1.165) is 15.2 Å². The highest BCUT2D eigenvalue weighted by Crippen LogP contribution is 2.26. The predicted octanol–water partition coefficient (Wildman–Crippen LogP) is 2.31. The van der Waals surface area contributed by atoms with Crippen LogP contribution in [0.15, 0.2) is 21.6 Å². The van der Waals surface area contributed by atoms with E-state index in [0.29, 0.717) is 0 Å².